The van der Waals surface area contributed by atoms with Crippen LogP contribution in [0.2, 0.25) is 0 Å². The zero-order valence-corrected chi connectivity index (χ0v) is 9.35. The third kappa shape index (κ3) is 1.71. The first-order valence-electron chi connectivity index (χ1n) is 5.39. The van der Waals surface area contributed by atoms with Gasteiger partial charge in [0.1, 0.15) is 12.6 Å². The van der Waals surface area contributed by atoms with Crippen molar-refractivity contribution >= 4 is 0 Å². The first-order valence-corrected chi connectivity index (χ1v) is 5.39. The van der Waals surface area contributed by atoms with Crippen molar-refractivity contribution in [1.29, 1.82) is 0 Å². The molecule has 0 atom stereocenters. The first kappa shape index (κ1) is 10.5. The lowest BCUT2D eigenvalue weighted by atomic mass is 10.1. The summed E-state index contributed by atoms with van der Waals surface area (Å²) in [5, 5.41) is 0. The number of rotatable bonds is 2. The minimum absolute atomic E-state index is 0.236. The molecule has 3 rings (SSSR count). The summed E-state index contributed by atoms with van der Waals surface area (Å²) in [5.41, 5.74) is 1.09. The molecule has 0 saturated heterocycles. The summed E-state index contributed by atoms with van der Waals surface area (Å²) in [6.07, 6.45) is 4.35. The van der Waals surface area contributed by atoms with Gasteiger partial charge in [-0.2, -0.15) is 0 Å². The molecule has 0 fully saturated rings. The average molecular weight is 239 g/mol. The molecule has 0 N–H and O–H groups in total. The van der Waals surface area contributed by atoms with Crippen LogP contribution in [0.25, 0.3) is 16.9 Å². The van der Waals surface area contributed by atoms with E-state index >= 15 is 0 Å². The van der Waals surface area contributed by atoms with Gasteiger partial charge >= 0.3 is 0 Å². The highest BCUT2D eigenvalue weighted by molar-refractivity contribution is 5.61. The zero-order chi connectivity index (χ0) is 12.4. The van der Waals surface area contributed by atoms with Gasteiger partial charge < -0.3 is 4.52 Å². The van der Waals surface area contributed by atoms with E-state index < -0.39 is 0 Å². The molecule has 2 heterocycles. The van der Waals surface area contributed by atoms with E-state index in [1.165, 1.54) is 12.6 Å². The Labute approximate surface area is 102 Å². The van der Waals surface area contributed by atoms with Gasteiger partial charge in [0.05, 0.1) is 5.56 Å². The van der Waals surface area contributed by atoms with Crippen LogP contribution in [0.3, 0.4) is 0 Å². The summed E-state index contributed by atoms with van der Waals surface area (Å²) in [7, 11) is 0. The van der Waals surface area contributed by atoms with E-state index in [0.717, 1.165) is 10.3 Å². The molecule has 0 bridgehead atoms. The van der Waals surface area contributed by atoms with Gasteiger partial charge in [0.2, 0.25) is 0 Å². The molecule has 0 aliphatic heterocycles. The number of hydrogen-bond acceptors (Lipinski definition) is 4. The van der Waals surface area contributed by atoms with E-state index in [0.29, 0.717) is 11.4 Å². The van der Waals surface area contributed by atoms with E-state index in [9.17, 15) is 4.79 Å². The predicted octanol–water partition coefficient (Wildman–Crippen LogP) is 1.89. The fourth-order valence-corrected chi connectivity index (χ4v) is 1.68. The summed E-state index contributed by atoms with van der Waals surface area (Å²) in [4.78, 5) is 20.0. The molecule has 0 unspecified atom stereocenters. The van der Waals surface area contributed by atoms with Crippen LogP contribution in [0.1, 0.15) is 0 Å². The van der Waals surface area contributed by atoms with Crippen LogP contribution in [-0.2, 0) is 0 Å². The molecule has 88 valence electrons. The highest BCUT2D eigenvalue weighted by Gasteiger charge is 2.11. The average Bonchev–Trinajstić information content (AvgIpc) is 2.83. The molecule has 2 aromatic heterocycles. The lowest BCUT2D eigenvalue weighted by Crippen LogP contribution is -2.14. The van der Waals surface area contributed by atoms with Crippen molar-refractivity contribution in [2.45, 2.75) is 0 Å². The van der Waals surface area contributed by atoms with Crippen LogP contribution < -0.4 is 5.56 Å². The maximum atomic E-state index is 12.2. The van der Waals surface area contributed by atoms with Crippen molar-refractivity contribution in [3.63, 3.8) is 0 Å². The summed E-state index contributed by atoms with van der Waals surface area (Å²) in [6.45, 7) is 0. The summed E-state index contributed by atoms with van der Waals surface area (Å²) < 4.78 is 6.39. The van der Waals surface area contributed by atoms with E-state index in [2.05, 4.69) is 9.97 Å². The fraction of sp³-hybridized carbons (Fsp3) is 0. The highest BCUT2D eigenvalue weighted by atomic mass is 16.5. The van der Waals surface area contributed by atoms with Crippen LogP contribution >= 0.6 is 0 Å². The Morgan fingerprint density at radius 3 is 2.67 bits per heavy atom. The normalized spacial score (nSPS) is 10.4. The molecule has 3 aromatic rings. The number of aromatic nitrogens is 3. The van der Waals surface area contributed by atoms with E-state index in [1.54, 1.807) is 12.3 Å². The van der Waals surface area contributed by atoms with Crippen LogP contribution in [0.4, 0.5) is 0 Å². The third-order valence-electron chi connectivity index (χ3n) is 2.55. The molecule has 0 aliphatic rings. The molecular formula is C13H9N3O2. The Kier molecular flexibility index (Phi) is 2.49. The van der Waals surface area contributed by atoms with Gasteiger partial charge in [0.15, 0.2) is 5.82 Å². The molecule has 0 saturated carbocycles. The van der Waals surface area contributed by atoms with Crippen molar-refractivity contribution in [2.75, 3.05) is 0 Å². The zero-order valence-electron chi connectivity index (χ0n) is 9.35. The highest BCUT2D eigenvalue weighted by Crippen LogP contribution is 2.15. The smallest absolute Gasteiger partial charge is 0.296 e. The van der Waals surface area contributed by atoms with Crippen molar-refractivity contribution < 1.29 is 4.52 Å². The van der Waals surface area contributed by atoms with Gasteiger partial charge in [-0.05, 0) is 5.56 Å². The van der Waals surface area contributed by atoms with E-state index in [-0.39, 0.29) is 5.56 Å². The Hall–Kier alpha value is -2.69. The van der Waals surface area contributed by atoms with E-state index in [4.69, 9.17) is 4.52 Å². The van der Waals surface area contributed by atoms with Crippen LogP contribution in [0, 0.1) is 0 Å². The minimum Gasteiger partial charge on any atom is -0.377 e. The predicted molar refractivity (Wildman–Crippen MR) is 65.3 cm³/mol. The fourth-order valence-electron chi connectivity index (χ4n) is 1.68. The number of benzene rings is 1. The monoisotopic (exact) mass is 239 g/mol. The third-order valence-corrected chi connectivity index (χ3v) is 2.55. The Morgan fingerprint density at radius 1 is 1.11 bits per heavy atom. The number of nitrogens with zero attached hydrogens (tertiary/aromatic N) is 3. The molecule has 5 nitrogen and oxygen atoms in total. The van der Waals surface area contributed by atoms with Crippen molar-refractivity contribution in [2.24, 2.45) is 0 Å². The second-order valence-electron chi connectivity index (χ2n) is 3.67. The molecule has 5 heteroatoms. The van der Waals surface area contributed by atoms with Gasteiger partial charge in [-0.3, -0.25) is 4.79 Å². The second kappa shape index (κ2) is 4.29. The van der Waals surface area contributed by atoms with Gasteiger partial charge in [-0.1, -0.05) is 30.3 Å². The minimum atomic E-state index is -0.236. The molecule has 18 heavy (non-hydrogen) atoms. The van der Waals surface area contributed by atoms with Gasteiger partial charge in [-0.15, -0.1) is 4.74 Å². The number of hydrogen-bond donors (Lipinski definition) is 0. The SMILES string of the molecule is O=c1c(-c2ccccc2)con1-c1ccncn1. The van der Waals surface area contributed by atoms with Crippen molar-refractivity contribution in [3.8, 4) is 16.9 Å². The van der Waals surface area contributed by atoms with Crippen molar-refractivity contribution in [3.05, 3.63) is 65.5 Å². The Bertz CT molecular complexity index is 642. The summed E-state index contributed by atoms with van der Waals surface area (Å²) in [5.74, 6) is 0.414. The van der Waals surface area contributed by atoms with Gasteiger partial charge in [0, 0.05) is 12.3 Å². The lowest BCUT2D eigenvalue weighted by Gasteiger charge is -1.96. The molecule has 0 aliphatic carbocycles. The van der Waals surface area contributed by atoms with Crippen LogP contribution in [0.5, 0.6) is 0 Å². The second-order valence-corrected chi connectivity index (χ2v) is 3.67. The lowest BCUT2D eigenvalue weighted by molar-refractivity contribution is 0.334. The van der Waals surface area contributed by atoms with E-state index in [1.807, 2.05) is 30.3 Å². The maximum Gasteiger partial charge on any atom is 0.296 e. The van der Waals surface area contributed by atoms with Gasteiger partial charge in [-0.25, -0.2) is 9.97 Å². The summed E-state index contributed by atoms with van der Waals surface area (Å²) >= 11 is 0. The Morgan fingerprint density at radius 2 is 1.94 bits per heavy atom. The van der Waals surface area contributed by atoms with Gasteiger partial charge in [0.25, 0.3) is 5.56 Å². The van der Waals surface area contributed by atoms with Crippen molar-refractivity contribution in [1.82, 2.24) is 14.7 Å². The topological polar surface area (TPSA) is 60.9 Å². The summed E-state index contributed by atoms with van der Waals surface area (Å²) in [6, 6.07) is 11.0. The largest absolute Gasteiger partial charge is 0.377 e. The molecule has 0 amide bonds. The molecule has 0 spiro atoms. The molecular weight excluding hydrogens is 230 g/mol. The van der Waals surface area contributed by atoms with Crippen LogP contribution in [0.15, 0.2) is 64.5 Å². The molecule has 1 aromatic carbocycles. The maximum absolute atomic E-state index is 12.2. The first-order chi connectivity index (χ1) is 8.86. The quantitative estimate of drug-likeness (QED) is 0.685. The van der Waals surface area contributed by atoms with Crippen LogP contribution in [-0.4, -0.2) is 14.7 Å². The molecule has 0 radical (unpaired) electrons. The Balaban J connectivity index is 2.12. The standard InChI is InChI=1S/C13H9N3O2/c17-13-11(10-4-2-1-3-5-10)8-18-16(13)12-6-7-14-9-15-12/h1-9H.